The van der Waals surface area contributed by atoms with E-state index in [4.69, 9.17) is 9.47 Å². The fraction of sp³-hybridized carbons (Fsp3) is 0.350. The summed E-state index contributed by atoms with van der Waals surface area (Å²) in [6.07, 6.45) is 0.693. The van der Waals surface area contributed by atoms with Crippen molar-refractivity contribution in [2.45, 2.75) is 6.42 Å². The Bertz CT molecular complexity index is 671. The predicted molar refractivity (Wildman–Crippen MR) is 103 cm³/mol. The molecule has 0 aromatic heterocycles. The largest absolute Gasteiger partial charge is 0.497 e. The molecule has 0 heterocycles. The van der Waals surface area contributed by atoms with Gasteiger partial charge in [0.25, 0.3) is 0 Å². The zero-order valence-corrected chi connectivity index (χ0v) is 16.0. The van der Waals surface area contributed by atoms with E-state index in [1.165, 1.54) is 0 Å². The number of benzene rings is 2. The second-order valence-corrected chi connectivity index (χ2v) is 6.11. The van der Waals surface area contributed by atoms with Gasteiger partial charge in [-0.3, -0.25) is 4.79 Å². The number of rotatable bonds is 8. The topological polar surface area (TPSA) is 38.8 Å². The highest BCUT2D eigenvalue weighted by Gasteiger charge is 2.22. The predicted octanol–water partition coefficient (Wildman–Crippen LogP) is 3.73. The maximum absolute atomic E-state index is 13.0. The van der Waals surface area contributed by atoms with Crippen molar-refractivity contribution in [1.29, 1.82) is 0 Å². The van der Waals surface area contributed by atoms with E-state index in [9.17, 15) is 4.79 Å². The van der Waals surface area contributed by atoms with Gasteiger partial charge in [0.1, 0.15) is 11.5 Å². The molecule has 0 fully saturated rings. The number of Topliss-reactive ketones (excluding diaryl/α,β-unsaturated/α-hetero) is 1. The van der Waals surface area contributed by atoms with E-state index >= 15 is 0 Å². The number of nitrogens with zero attached hydrogens (tertiary/aromatic N) is 1. The lowest BCUT2D eigenvalue weighted by Crippen LogP contribution is -2.29. The molecule has 0 aliphatic carbocycles. The summed E-state index contributed by atoms with van der Waals surface area (Å²) in [5.41, 5.74) is 1.81. The molecule has 0 aliphatic rings. The van der Waals surface area contributed by atoms with Gasteiger partial charge in [-0.1, -0.05) is 24.3 Å². The molecular weight excluding hydrogens is 338 g/mol. The van der Waals surface area contributed by atoms with Crippen molar-refractivity contribution in [1.82, 2.24) is 4.90 Å². The lowest BCUT2D eigenvalue weighted by Gasteiger charge is -2.20. The summed E-state index contributed by atoms with van der Waals surface area (Å²) >= 11 is 0. The molecule has 136 valence electrons. The molecular formula is C20H26ClNO3. The summed E-state index contributed by atoms with van der Waals surface area (Å²) in [7, 11) is 7.23. The SMILES string of the molecule is COc1ccc(CC(CN(C)C)C(=O)c2cccc(OC)c2)cc1.Cl. The molecule has 0 bridgehead atoms. The number of ether oxygens (including phenoxy) is 2. The van der Waals surface area contributed by atoms with Crippen LogP contribution < -0.4 is 9.47 Å². The smallest absolute Gasteiger partial charge is 0.167 e. The maximum atomic E-state index is 13.0. The van der Waals surface area contributed by atoms with Gasteiger partial charge in [-0.2, -0.15) is 0 Å². The average molecular weight is 364 g/mol. The molecule has 5 heteroatoms. The molecule has 0 saturated carbocycles. The van der Waals surface area contributed by atoms with Crippen LogP contribution in [-0.4, -0.2) is 45.5 Å². The van der Waals surface area contributed by atoms with E-state index in [0.717, 1.165) is 11.3 Å². The van der Waals surface area contributed by atoms with E-state index in [1.54, 1.807) is 20.3 Å². The van der Waals surface area contributed by atoms with Gasteiger partial charge in [-0.05, 0) is 50.3 Å². The van der Waals surface area contributed by atoms with Crippen molar-refractivity contribution in [2.75, 3.05) is 34.9 Å². The fourth-order valence-electron chi connectivity index (χ4n) is 2.74. The van der Waals surface area contributed by atoms with Gasteiger partial charge < -0.3 is 14.4 Å². The Labute approximate surface area is 156 Å². The van der Waals surface area contributed by atoms with Crippen molar-refractivity contribution in [3.8, 4) is 11.5 Å². The van der Waals surface area contributed by atoms with Gasteiger partial charge in [0.15, 0.2) is 5.78 Å². The summed E-state index contributed by atoms with van der Waals surface area (Å²) in [4.78, 5) is 15.0. The zero-order chi connectivity index (χ0) is 17.5. The Balaban J connectivity index is 0.00000312. The third kappa shape index (κ3) is 6.07. The van der Waals surface area contributed by atoms with Crippen LogP contribution in [0.1, 0.15) is 15.9 Å². The first-order valence-corrected chi connectivity index (χ1v) is 7.99. The Hall–Kier alpha value is -2.04. The normalized spacial score (nSPS) is 11.6. The zero-order valence-electron chi connectivity index (χ0n) is 15.2. The van der Waals surface area contributed by atoms with Crippen LogP contribution in [0.25, 0.3) is 0 Å². The van der Waals surface area contributed by atoms with E-state index in [2.05, 4.69) is 0 Å². The van der Waals surface area contributed by atoms with Gasteiger partial charge in [0.2, 0.25) is 0 Å². The van der Waals surface area contributed by atoms with E-state index in [-0.39, 0.29) is 24.1 Å². The summed E-state index contributed by atoms with van der Waals surface area (Å²) in [6.45, 7) is 0.697. The molecule has 1 atom stereocenters. The van der Waals surface area contributed by atoms with Gasteiger partial charge in [-0.25, -0.2) is 0 Å². The number of halogens is 1. The van der Waals surface area contributed by atoms with E-state index < -0.39 is 0 Å². The van der Waals surface area contributed by atoms with Crippen molar-refractivity contribution < 1.29 is 14.3 Å². The molecule has 1 unspecified atom stereocenters. The van der Waals surface area contributed by atoms with Crippen LogP contribution >= 0.6 is 12.4 Å². The lowest BCUT2D eigenvalue weighted by molar-refractivity contribution is 0.0896. The van der Waals surface area contributed by atoms with Crippen molar-refractivity contribution in [3.63, 3.8) is 0 Å². The van der Waals surface area contributed by atoms with Crippen LogP contribution in [0.3, 0.4) is 0 Å². The monoisotopic (exact) mass is 363 g/mol. The van der Waals surface area contributed by atoms with Crippen LogP contribution in [0, 0.1) is 5.92 Å². The minimum atomic E-state index is -0.111. The Kier molecular flexibility index (Phi) is 8.46. The first-order valence-electron chi connectivity index (χ1n) is 7.99. The molecule has 4 nitrogen and oxygen atoms in total. The number of hydrogen-bond acceptors (Lipinski definition) is 4. The van der Waals surface area contributed by atoms with E-state index in [1.807, 2.05) is 61.5 Å². The van der Waals surface area contributed by atoms with Crippen molar-refractivity contribution in [2.24, 2.45) is 5.92 Å². The molecule has 0 spiro atoms. The summed E-state index contributed by atoms with van der Waals surface area (Å²) < 4.78 is 10.4. The van der Waals surface area contributed by atoms with Gasteiger partial charge in [-0.15, -0.1) is 12.4 Å². The summed E-state index contributed by atoms with van der Waals surface area (Å²) in [5.74, 6) is 1.55. The Morgan fingerprint density at radius 3 is 2.20 bits per heavy atom. The van der Waals surface area contributed by atoms with Crippen LogP contribution in [-0.2, 0) is 6.42 Å². The average Bonchev–Trinajstić information content (AvgIpc) is 2.60. The molecule has 2 aromatic rings. The quantitative estimate of drug-likeness (QED) is 0.670. The third-order valence-corrected chi connectivity index (χ3v) is 3.95. The lowest BCUT2D eigenvalue weighted by atomic mass is 9.90. The number of carbonyl (C=O) groups is 1. The fourth-order valence-corrected chi connectivity index (χ4v) is 2.74. The standard InChI is InChI=1S/C20H25NO3.ClH/c1-21(2)14-17(12-15-8-10-18(23-3)11-9-15)20(22)16-6-5-7-19(13-16)24-4;/h5-11,13,17H,12,14H2,1-4H3;1H. The van der Waals surface area contributed by atoms with E-state index in [0.29, 0.717) is 24.3 Å². The van der Waals surface area contributed by atoms with Crippen LogP contribution in [0.4, 0.5) is 0 Å². The van der Waals surface area contributed by atoms with Gasteiger partial charge >= 0.3 is 0 Å². The highest BCUT2D eigenvalue weighted by molar-refractivity contribution is 5.98. The second kappa shape index (κ2) is 10.1. The van der Waals surface area contributed by atoms with Crippen LogP contribution in [0.2, 0.25) is 0 Å². The molecule has 2 rings (SSSR count). The van der Waals surface area contributed by atoms with Crippen LogP contribution in [0.15, 0.2) is 48.5 Å². The van der Waals surface area contributed by atoms with Crippen molar-refractivity contribution >= 4 is 18.2 Å². The molecule has 0 N–H and O–H groups in total. The molecule has 25 heavy (non-hydrogen) atoms. The number of hydrogen-bond donors (Lipinski definition) is 0. The Morgan fingerprint density at radius 2 is 1.64 bits per heavy atom. The number of methoxy groups -OCH3 is 2. The number of ketones is 1. The molecule has 0 saturated heterocycles. The Morgan fingerprint density at radius 1 is 1.00 bits per heavy atom. The molecule has 0 amide bonds. The number of carbonyl (C=O) groups excluding carboxylic acids is 1. The van der Waals surface area contributed by atoms with Gasteiger partial charge in [0, 0.05) is 18.0 Å². The first kappa shape index (κ1) is 21.0. The summed E-state index contributed by atoms with van der Waals surface area (Å²) in [6, 6.07) is 15.2. The highest BCUT2D eigenvalue weighted by atomic mass is 35.5. The first-order chi connectivity index (χ1) is 11.5. The molecule has 2 aromatic carbocycles. The minimum absolute atomic E-state index is 0. The van der Waals surface area contributed by atoms with Crippen molar-refractivity contribution in [3.05, 3.63) is 59.7 Å². The summed E-state index contributed by atoms with van der Waals surface area (Å²) in [5, 5.41) is 0. The van der Waals surface area contributed by atoms with Crippen LogP contribution in [0.5, 0.6) is 11.5 Å². The second-order valence-electron chi connectivity index (χ2n) is 6.11. The molecule has 0 radical (unpaired) electrons. The maximum Gasteiger partial charge on any atom is 0.167 e. The van der Waals surface area contributed by atoms with Gasteiger partial charge in [0.05, 0.1) is 14.2 Å². The highest BCUT2D eigenvalue weighted by Crippen LogP contribution is 2.21. The minimum Gasteiger partial charge on any atom is -0.497 e. The third-order valence-electron chi connectivity index (χ3n) is 3.95. The molecule has 0 aliphatic heterocycles.